The second-order valence-corrected chi connectivity index (χ2v) is 15.9. The fourth-order valence-electron chi connectivity index (χ4n) is 7.86. The molecule has 0 radical (unpaired) electrons. The molecule has 0 unspecified atom stereocenters. The van der Waals surface area contributed by atoms with E-state index in [1.165, 1.54) is 36.9 Å². The van der Waals surface area contributed by atoms with Crippen molar-refractivity contribution in [3.05, 3.63) is 78.7 Å². The largest absolute Gasteiger partial charge is 0.453 e. The molecular weight excluding hydrogens is 729 g/mol. The molecule has 4 aliphatic rings. The number of carbonyl (C=O) groups excluding carboxylic acids is 4. The van der Waals surface area contributed by atoms with E-state index in [2.05, 4.69) is 42.0 Å². The summed E-state index contributed by atoms with van der Waals surface area (Å²) >= 11 is 2.93. The Bertz CT molecular complexity index is 1970. The van der Waals surface area contributed by atoms with E-state index in [4.69, 9.17) is 9.97 Å². The number of rotatable bonds is 9. The molecule has 4 aromatic rings. The van der Waals surface area contributed by atoms with Crippen molar-refractivity contribution in [2.24, 2.45) is 0 Å². The van der Waals surface area contributed by atoms with Gasteiger partial charge in [-0.25, -0.2) is 19.6 Å². The first-order chi connectivity index (χ1) is 26.3. The molecule has 54 heavy (non-hydrogen) atoms. The van der Waals surface area contributed by atoms with Crippen LogP contribution >= 0.6 is 22.7 Å². The van der Waals surface area contributed by atoms with E-state index < -0.39 is 12.2 Å². The van der Waals surface area contributed by atoms with Gasteiger partial charge in [0.1, 0.15) is 0 Å². The number of anilines is 2. The van der Waals surface area contributed by atoms with Gasteiger partial charge in [-0.05, 0) is 47.2 Å². The van der Waals surface area contributed by atoms with Gasteiger partial charge in [0, 0.05) is 99.4 Å². The highest BCUT2D eigenvalue weighted by atomic mass is 32.1. The Morgan fingerprint density at radius 3 is 1.52 bits per heavy atom. The number of amides is 4. The van der Waals surface area contributed by atoms with Crippen LogP contribution < -0.4 is 20.4 Å². The minimum Gasteiger partial charge on any atom is -0.453 e. The van der Waals surface area contributed by atoms with Gasteiger partial charge in [0.05, 0.1) is 25.6 Å². The molecule has 0 aliphatic carbocycles. The molecule has 2 N–H and O–H groups in total. The Kier molecular flexibility index (Phi) is 10.3. The number of methoxy groups -OCH3 is 2. The molecule has 6 heterocycles. The average molecular weight is 771 g/mol. The van der Waals surface area contributed by atoms with Crippen molar-refractivity contribution in [2.75, 3.05) is 76.4 Å². The van der Waals surface area contributed by atoms with Crippen LogP contribution in [0.4, 0.5) is 21.0 Å². The third-order valence-electron chi connectivity index (χ3n) is 10.6. The number of carbonyl (C=O) groups is 4. The van der Waals surface area contributed by atoms with Crippen LogP contribution in [0.5, 0.6) is 0 Å². The highest BCUT2D eigenvalue weighted by Crippen LogP contribution is 2.43. The maximum absolute atomic E-state index is 14.0. The second kappa shape index (κ2) is 15.5. The zero-order valence-corrected chi connectivity index (χ0v) is 31.9. The molecule has 2 aromatic carbocycles. The number of hydrogen-bond donors (Lipinski definition) is 2. The molecule has 0 saturated carbocycles. The Morgan fingerprint density at radius 1 is 0.648 bits per heavy atom. The first-order valence-corrected chi connectivity index (χ1v) is 19.9. The lowest BCUT2D eigenvalue weighted by atomic mass is 9.93. The molecule has 8 rings (SSSR count). The summed E-state index contributed by atoms with van der Waals surface area (Å²) in [6, 6.07) is 12.3. The van der Waals surface area contributed by atoms with Crippen molar-refractivity contribution in [3.63, 3.8) is 0 Å². The van der Waals surface area contributed by atoms with E-state index in [0.717, 1.165) is 93.5 Å². The molecule has 4 amide bonds. The lowest BCUT2D eigenvalue weighted by molar-refractivity contribution is 0.0981. The number of alkyl carbamates (subject to hydrolysis) is 2. The third-order valence-corrected chi connectivity index (χ3v) is 12.7. The zero-order chi connectivity index (χ0) is 37.3. The van der Waals surface area contributed by atoms with E-state index >= 15 is 0 Å². The number of ether oxygens (including phenoxy) is 2. The summed E-state index contributed by atoms with van der Waals surface area (Å²) in [6.07, 6.45) is 2.11. The van der Waals surface area contributed by atoms with Gasteiger partial charge in [-0.3, -0.25) is 19.4 Å². The van der Waals surface area contributed by atoms with Gasteiger partial charge in [0.15, 0.2) is 10.0 Å². The molecule has 16 heteroatoms. The molecular formula is C38H42N8O6S2. The van der Waals surface area contributed by atoms with Crippen molar-refractivity contribution >= 4 is 58.0 Å². The fourth-order valence-corrected chi connectivity index (χ4v) is 10.1. The molecule has 2 aromatic heterocycles. The van der Waals surface area contributed by atoms with E-state index in [0.29, 0.717) is 62.4 Å². The fraction of sp³-hybridized carbons (Fsp3) is 0.421. The van der Waals surface area contributed by atoms with Crippen LogP contribution in [0, 0.1) is 0 Å². The molecule has 0 saturated heterocycles. The van der Waals surface area contributed by atoms with Crippen molar-refractivity contribution in [2.45, 2.75) is 38.8 Å². The number of thiazole rings is 2. The summed E-state index contributed by atoms with van der Waals surface area (Å²) in [5, 5.41) is 6.47. The van der Waals surface area contributed by atoms with Crippen LogP contribution in [-0.4, -0.2) is 110 Å². The predicted octanol–water partition coefficient (Wildman–Crippen LogP) is 4.10. The molecule has 0 atom stereocenters. The van der Waals surface area contributed by atoms with Crippen LogP contribution in [0.15, 0.2) is 36.4 Å². The highest BCUT2D eigenvalue weighted by Gasteiger charge is 2.34. The zero-order valence-electron chi connectivity index (χ0n) is 30.3. The number of benzene rings is 2. The van der Waals surface area contributed by atoms with Gasteiger partial charge in [-0.15, -0.1) is 22.7 Å². The van der Waals surface area contributed by atoms with E-state index in [9.17, 15) is 19.2 Å². The van der Waals surface area contributed by atoms with Crippen LogP contribution in [0.2, 0.25) is 0 Å². The van der Waals surface area contributed by atoms with Crippen LogP contribution in [0.1, 0.15) is 51.9 Å². The van der Waals surface area contributed by atoms with Gasteiger partial charge in [-0.2, -0.15) is 0 Å². The van der Waals surface area contributed by atoms with E-state index in [-0.39, 0.29) is 11.8 Å². The number of aromatic nitrogens is 2. The van der Waals surface area contributed by atoms with Gasteiger partial charge in [0.25, 0.3) is 11.8 Å². The van der Waals surface area contributed by atoms with Crippen molar-refractivity contribution in [1.82, 2.24) is 30.4 Å². The minimum absolute atomic E-state index is 0.0774. The van der Waals surface area contributed by atoms with E-state index in [1.807, 2.05) is 34.1 Å². The van der Waals surface area contributed by atoms with Crippen molar-refractivity contribution < 1.29 is 28.7 Å². The maximum Gasteiger partial charge on any atom is 0.406 e. The lowest BCUT2D eigenvalue weighted by Gasteiger charge is -2.25. The average Bonchev–Trinajstić information content (AvgIpc) is 4.01. The number of hydrogen-bond acceptors (Lipinski definition) is 12. The van der Waals surface area contributed by atoms with Gasteiger partial charge in [0.2, 0.25) is 0 Å². The minimum atomic E-state index is -0.440. The highest BCUT2D eigenvalue weighted by molar-refractivity contribution is 7.14. The molecule has 282 valence electrons. The first-order valence-electron chi connectivity index (χ1n) is 18.2. The summed E-state index contributed by atoms with van der Waals surface area (Å²) in [6.45, 7) is 6.56. The summed E-state index contributed by atoms with van der Waals surface area (Å²) in [5.74, 6) is -0.155. The van der Waals surface area contributed by atoms with E-state index in [1.54, 1.807) is 0 Å². The number of nitrogens with zero attached hydrogens (tertiary/aromatic N) is 6. The molecule has 0 fully saturated rings. The third kappa shape index (κ3) is 7.06. The Morgan fingerprint density at radius 2 is 1.09 bits per heavy atom. The monoisotopic (exact) mass is 770 g/mol. The quantitative estimate of drug-likeness (QED) is 0.255. The van der Waals surface area contributed by atoms with Gasteiger partial charge >= 0.3 is 12.2 Å². The summed E-state index contributed by atoms with van der Waals surface area (Å²) < 4.78 is 9.33. The number of fused-ring (bicyclic) bond motifs is 4. The smallest absolute Gasteiger partial charge is 0.406 e. The maximum atomic E-state index is 14.0. The molecule has 14 nitrogen and oxygen atoms in total. The molecule has 0 spiro atoms. The van der Waals surface area contributed by atoms with Crippen molar-refractivity contribution in [3.8, 4) is 11.1 Å². The number of nitrogens with one attached hydrogen (secondary N) is 2. The Labute approximate surface area is 321 Å². The molecule has 4 aliphatic heterocycles. The summed E-state index contributed by atoms with van der Waals surface area (Å²) in [5.41, 5.74) is 8.24. The Balaban J connectivity index is 0.959. The van der Waals surface area contributed by atoms with Gasteiger partial charge in [-0.1, -0.05) is 24.3 Å². The van der Waals surface area contributed by atoms with Crippen LogP contribution in [0.25, 0.3) is 11.1 Å². The normalized spacial score (nSPS) is 16.3. The molecule has 0 bridgehead atoms. The standard InChI is InChI=1S/C38H42N8O6S2/c1-51-37(49)39-13-19-43-15-11-27-31(21-43)53-33(41-27)35(47)45-17-9-25-23(5-3-7-29(25)45)24-6-4-8-30-26(24)10-18-46(30)36(48)34-42-28-12-16-44(22-32(28)54-34)20-14-40-38(50)52-2/h3-8H,9-22H2,1-2H3,(H,39,49)(H,40,50). The first kappa shape index (κ1) is 36.1. The van der Waals surface area contributed by atoms with Crippen LogP contribution in [-0.2, 0) is 48.2 Å². The SMILES string of the molecule is COC(=O)NCCN1CCc2nc(C(=O)N3CCc4c(-c5cccc6c5CCN6C(=O)c5nc6c(s5)CN(CCNC(=O)OC)CC6)cccc43)sc2C1. The predicted molar refractivity (Wildman–Crippen MR) is 206 cm³/mol. The summed E-state index contributed by atoms with van der Waals surface area (Å²) in [4.78, 5) is 70.8. The van der Waals surface area contributed by atoms with Crippen LogP contribution in [0.3, 0.4) is 0 Å². The Hall–Kier alpha value is -4.90. The topological polar surface area (TPSA) is 150 Å². The van der Waals surface area contributed by atoms with Crippen molar-refractivity contribution in [1.29, 1.82) is 0 Å². The lowest BCUT2D eigenvalue weighted by Crippen LogP contribution is -2.37. The second-order valence-electron chi connectivity index (χ2n) is 13.7. The summed E-state index contributed by atoms with van der Waals surface area (Å²) in [7, 11) is 2.71. The van der Waals surface area contributed by atoms with Gasteiger partial charge < -0.3 is 29.9 Å².